The Labute approximate surface area is 165 Å². The van der Waals surface area contributed by atoms with Crippen LogP contribution in [0.15, 0.2) is 27.5 Å². The van der Waals surface area contributed by atoms with E-state index in [1.807, 2.05) is 13.8 Å². The SMILES string of the molecule is CC(C)C[C@H](NC(=O)OC(C)(C)C)C(=O)N=S(N)(=O)c1ccc2c(c1)OCO2. The van der Waals surface area contributed by atoms with Crippen LogP contribution in [0.25, 0.3) is 0 Å². The Hall–Kier alpha value is -2.33. The summed E-state index contributed by atoms with van der Waals surface area (Å²) in [6.07, 6.45) is -0.466. The van der Waals surface area contributed by atoms with E-state index >= 15 is 0 Å². The van der Waals surface area contributed by atoms with E-state index in [1.165, 1.54) is 12.1 Å². The number of fused-ring (bicyclic) bond motifs is 1. The molecule has 1 aliphatic rings. The van der Waals surface area contributed by atoms with Crippen molar-refractivity contribution in [2.24, 2.45) is 15.4 Å². The number of benzene rings is 1. The number of hydrogen-bond acceptors (Lipinski definition) is 6. The highest BCUT2D eigenvalue weighted by molar-refractivity contribution is 7.91. The van der Waals surface area contributed by atoms with Crippen LogP contribution in [0.5, 0.6) is 11.5 Å². The van der Waals surface area contributed by atoms with Gasteiger partial charge in [-0.2, -0.15) is 0 Å². The molecule has 1 heterocycles. The Morgan fingerprint density at radius 1 is 1.29 bits per heavy atom. The van der Waals surface area contributed by atoms with Crippen LogP contribution >= 0.6 is 0 Å². The normalized spacial score (nSPS) is 16.2. The first-order valence-corrected chi connectivity index (χ1v) is 10.4. The van der Waals surface area contributed by atoms with E-state index in [1.54, 1.807) is 26.8 Å². The quantitative estimate of drug-likeness (QED) is 0.763. The van der Waals surface area contributed by atoms with Crippen LogP contribution < -0.4 is 19.9 Å². The van der Waals surface area contributed by atoms with E-state index in [4.69, 9.17) is 19.3 Å². The Bertz CT molecular complexity index is 869. The van der Waals surface area contributed by atoms with Gasteiger partial charge in [0.05, 0.1) is 4.90 Å². The molecule has 9 nitrogen and oxygen atoms in total. The highest BCUT2D eigenvalue weighted by Gasteiger charge is 2.27. The summed E-state index contributed by atoms with van der Waals surface area (Å²) in [4.78, 5) is 24.8. The van der Waals surface area contributed by atoms with Crippen molar-refractivity contribution in [3.63, 3.8) is 0 Å². The van der Waals surface area contributed by atoms with Crippen LogP contribution in [0.1, 0.15) is 41.0 Å². The lowest BCUT2D eigenvalue weighted by atomic mass is 10.0. The second-order valence-corrected chi connectivity index (χ2v) is 9.63. The average Bonchev–Trinajstić information content (AvgIpc) is 2.99. The number of hydrogen-bond donors (Lipinski definition) is 2. The molecule has 2 amide bonds. The van der Waals surface area contributed by atoms with Gasteiger partial charge in [0, 0.05) is 6.07 Å². The average molecular weight is 413 g/mol. The first-order chi connectivity index (χ1) is 12.9. The molecule has 0 aromatic heterocycles. The molecule has 1 aliphatic heterocycles. The lowest BCUT2D eigenvalue weighted by Crippen LogP contribution is -2.44. The monoisotopic (exact) mass is 413 g/mol. The molecule has 0 spiro atoms. The predicted molar refractivity (Wildman–Crippen MR) is 103 cm³/mol. The van der Waals surface area contributed by atoms with Crippen molar-refractivity contribution in [2.75, 3.05) is 6.79 Å². The van der Waals surface area contributed by atoms with Crippen LogP contribution in [0.3, 0.4) is 0 Å². The van der Waals surface area contributed by atoms with Crippen molar-refractivity contribution < 1.29 is 28.0 Å². The van der Waals surface area contributed by atoms with Gasteiger partial charge in [0.15, 0.2) is 11.5 Å². The molecule has 0 saturated carbocycles. The Morgan fingerprint density at radius 2 is 1.93 bits per heavy atom. The number of nitrogens with two attached hydrogens (primary N) is 1. The van der Waals surface area contributed by atoms with Crippen molar-refractivity contribution in [1.29, 1.82) is 0 Å². The van der Waals surface area contributed by atoms with Gasteiger partial charge >= 0.3 is 6.09 Å². The van der Waals surface area contributed by atoms with Crippen LogP contribution in [-0.2, 0) is 19.4 Å². The van der Waals surface area contributed by atoms with Crippen molar-refractivity contribution in [3.05, 3.63) is 18.2 Å². The highest BCUT2D eigenvalue weighted by atomic mass is 32.2. The van der Waals surface area contributed by atoms with Gasteiger partial charge in [-0.25, -0.2) is 14.1 Å². The standard InChI is InChI=1S/C18H27N3O6S/c1-11(2)8-13(20-17(23)27-18(3,4)5)16(22)21-28(19,24)12-6-7-14-15(9-12)26-10-25-14/h6-7,9,11,13H,8,10H2,1-5H3,(H,20,23)(H2,19,21,22,24)/t13-,28?/m0/s1. The smallest absolute Gasteiger partial charge is 0.408 e. The van der Waals surface area contributed by atoms with Crippen LogP contribution in [0.2, 0.25) is 0 Å². The third-order valence-corrected chi connectivity index (χ3v) is 4.98. The fraction of sp³-hybridized carbons (Fsp3) is 0.556. The number of ether oxygens (including phenoxy) is 3. The molecule has 156 valence electrons. The third-order valence-electron chi connectivity index (χ3n) is 3.60. The minimum Gasteiger partial charge on any atom is -0.454 e. The summed E-state index contributed by atoms with van der Waals surface area (Å²) in [7, 11) is -3.54. The lowest BCUT2D eigenvalue weighted by molar-refractivity contribution is -0.120. The maximum Gasteiger partial charge on any atom is 0.408 e. The molecule has 2 atom stereocenters. The molecule has 1 aromatic carbocycles. The maximum atomic E-state index is 12.9. The molecule has 28 heavy (non-hydrogen) atoms. The predicted octanol–water partition coefficient (Wildman–Crippen LogP) is 2.58. The summed E-state index contributed by atoms with van der Waals surface area (Å²) in [6, 6.07) is 3.44. The maximum absolute atomic E-state index is 12.9. The summed E-state index contributed by atoms with van der Waals surface area (Å²) in [5.41, 5.74) is -0.722. The summed E-state index contributed by atoms with van der Waals surface area (Å²) >= 11 is 0. The van der Waals surface area contributed by atoms with Crippen molar-refractivity contribution in [3.8, 4) is 11.5 Å². The highest BCUT2D eigenvalue weighted by Crippen LogP contribution is 2.33. The number of carbonyl (C=O) groups excluding carboxylic acids is 2. The zero-order valence-electron chi connectivity index (χ0n) is 16.7. The number of amides is 2. The number of nitrogens with one attached hydrogen (secondary N) is 1. The largest absolute Gasteiger partial charge is 0.454 e. The molecular weight excluding hydrogens is 386 g/mol. The number of rotatable bonds is 5. The minimum atomic E-state index is -3.54. The molecule has 1 aromatic rings. The van der Waals surface area contributed by atoms with Gasteiger partial charge < -0.3 is 19.5 Å². The Kier molecular flexibility index (Phi) is 6.56. The summed E-state index contributed by atoms with van der Waals surface area (Å²) < 4.78 is 32.2. The molecule has 0 aliphatic carbocycles. The fourth-order valence-corrected chi connectivity index (χ4v) is 3.49. The van der Waals surface area contributed by atoms with E-state index in [0.29, 0.717) is 11.5 Å². The molecular formula is C18H27N3O6S. The fourth-order valence-electron chi connectivity index (χ4n) is 2.45. The molecule has 1 unspecified atom stereocenters. The first kappa shape index (κ1) is 22.0. The van der Waals surface area contributed by atoms with Crippen LogP contribution in [0.4, 0.5) is 4.79 Å². The van der Waals surface area contributed by atoms with Gasteiger partial charge in [-0.1, -0.05) is 13.8 Å². The van der Waals surface area contributed by atoms with Crippen molar-refractivity contribution in [1.82, 2.24) is 5.32 Å². The van der Waals surface area contributed by atoms with Gasteiger partial charge in [-0.3, -0.25) is 4.79 Å². The second kappa shape index (κ2) is 8.36. The number of alkyl carbamates (subject to hydrolysis) is 1. The zero-order chi connectivity index (χ0) is 21.1. The van der Waals surface area contributed by atoms with Crippen molar-refractivity contribution >= 4 is 21.9 Å². The minimum absolute atomic E-state index is 0.0525. The third kappa shape index (κ3) is 6.10. The topological polar surface area (TPSA) is 129 Å². The lowest BCUT2D eigenvalue weighted by Gasteiger charge is -2.23. The summed E-state index contributed by atoms with van der Waals surface area (Å²) in [6.45, 7) is 8.95. The van der Waals surface area contributed by atoms with E-state index in [0.717, 1.165) is 0 Å². The van der Waals surface area contributed by atoms with E-state index in [-0.39, 0.29) is 24.0 Å². The molecule has 0 fully saturated rings. The van der Waals surface area contributed by atoms with E-state index in [9.17, 15) is 13.8 Å². The first-order valence-electron chi connectivity index (χ1n) is 8.85. The Morgan fingerprint density at radius 3 is 2.54 bits per heavy atom. The Balaban J connectivity index is 2.24. The molecule has 2 rings (SSSR count). The molecule has 0 bridgehead atoms. The van der Waals surface area contributed by atoms with Gasteiger partial charge in [0.25, 0.3) is 5.91 Å². The zero-order valence-corrected chi connectivity index (χ0v) is 17.5. The summed E-state index contributed by atoms with van der Waals surface area (Å²) in [5.74, 6) is 0.154. The summed E-state index contributed by atoms with van der Waals surface area (Å²) in [5, 5.41) is 8.32. The second-order valence-electron chi connectivity index (χ2n) is 7.84. The van der Waals surface area contributed by atoms with Crippen LogP contribution in [-0.4, -0.2) is 34.6 Å². The van der Waals surface area contributed by atoms with E-state index < -0.39 is 33.6 Å². The number of carbonyl (C=O) groups is 2. The van der Waals surface area contributed by atoms with Gasteiger partial charge in [0.2, 0.25) is 6.79 Å². The van der Waals surface area contributed by atoms with E-state index in [2.05, 4.69) is 9.68 Å². The molecule has 3 N–H and O–H groups in total. The van der Waals surface area contributed by atoms with Gasteiger partial charge in [-0.05, 0) is 45.2 Å². The molecule has 10 heteroatoms. The van der Waals surface area contributed by atoms with Gasteiger partial charge in [-0.15, -0.1) is 4.36 Å². The molecule has 0 saturated heterocycles. The number of nitrogens with zero attached hydrogens (tertiary/aromatic N) is 1. The van der Waals surface area contributed by atoms with Gasteiger partial charge in [0.1, 0.15) is 21.6 Å². The van der Waals surface area contributed by atoms with Crippen LogP contribution in [0, 0.1) is 5.92 Å². The molecule has 0 radical (unpaired) electrons. The van der Waals surface area contributed by atoms with Crippen molar-refractivity contribution in [2.45, 2.75) is 57.6 Å².